The van der Waals surface area contributed by atoms with Crippen LogP contribution in [-0.4, -0.2) is 16.9 Å². The fraction of sp³-hybridized carbons (Fsp3) is 0.727. The monoisotopic (exact) mass is 224 g/mol. The molecule has 1 aliphatic rings. The van der Waals surface area contributed by atoms with Crippen molar-refractivity contribution >= 4 is 0 Å². The van der Waals surface area contributed by atoms with Crippen molar-refractivity contribution in [2.45, 2.75) is 31.7 Å². The largest absolute Gasteiger partial charge is 0.493 e. The van der Waals surface area contributed by atoms with Gasteiger partial charge in [-0.2, -0.15) is 5.10 Å². The lowest BCUT2D eigenvalue weighted by Gasteiger charge is -2.23. The van der Waals surface area contributed by atoms with E-state index in [4.69, 9.17) is 10.6 Å². The molecule has 0 spiro atoms. The Balaban J connectivity index is 2.27. The summed E-state index contributed by atoms with van der Waals surface area (Å²) < 4.78 is 7.18. The maximum atomic E-state index is 5.69. The molecule has 0 aromatic carbocycles. The topological polar surface area (TPSA) is 65.1 Å². The zero-order chi connectivity index (χ0) is 11.5. The molecule has 16 heavy (non-hydrogen) atoms. The summed E-state index contributed by atoms with van der Waals surface area (Å²) >= 11 is 0. The molecule has 0 radical (unpaired) electrons. The van der Waals surface area contributed by atoms with Gasteiger partial charge in [-0.15, -0.1) is 0 Å². The maximum Gasteiger partial charge on any atom is 0.161 e. The van der Waals surface area contributed by atoms with Crippen molar-refractivity contribution in [1.82, 2.24) is 15.2 Å². The quantitative estimate of drug-likeness (QED) is 0.594. The van der Waals surface area contributed by atoms with Gasteiger partial charge in [-0.3, -0.25) is 16.0 Å². The molecule has 5 nitrogen and oxygen atoms in total. The van der Waals surface area contributed by atoms with Crippen LogP contribution in [0.3, 0.4) is 0 Å². The first-order chi connectivity index (χ1) is 7.77. The second-order valence-corrected chi connectivity index (χ2v) is 4.41. The van der Waals surface area contributed by atoms with Gasteiger partial charge < -0.3 is 4.74 Å². The van der Waals surface area contributed by atoms with Crippen LogP contribution in [-0.2, 0) is 7.05 Å². The third-order valence-electron chi connectivity index (χ3n) is 3.51. The molecule has 0 amide bonds. The predicted molar refractivity (Wildman–Crippen MR) is 61.8 cm³/mol. The fourth-order valence-corrected chi connectivity index (χ4v) is 2.67. The zero-order valence-corrected chi connectivity index (χ0v) is 9.94. The number of hydrogen-bond donors (Lipinski definition) is 2. The lowest BCUT2D eigenvalue weighted by Crippen LogP contribution is -2.34. The highest BCUT2D eigenvalue weighted by Crippen LogP contribution is 2.38. The summed E-state index contributed by atoms with van der Waals surface area (Å²) in [6.45, 7) is 0. The molecule has 1 aliphatic carbocycles. The predicted octanol–water partition coefficient (Wildman–Crippen LogP) is 1.12. The minimum absolute atomic E-state index is 0.143. The third kappa shape index (κ3) is 1.92. The molecule has 1 atom stereocenters. The van der Waals surface area contributed by atoms with Crippen molar-refractivity contribution in [1.29, 1.82) is 0 Å². The van der Waals surface area contributed by atoms with Gasteiger partial charge in [-0.25, -0.2) is 0 Å². The first-order valence-electron chi connectivity index (χ1n) is 5.80. The average molecular weight is 224 g/mol. The van der Waals surface area contributed by atoms with Gasteiger partial charge in [0.15, 0.2) is 5.75 Å². The van der Waals surface area contributed by atoms with E-state index in [1.807, 2.05) is 11.7 Å². The Morgan fingerprint density at radius 1 is 1.56 bits per heavy atom. The van der Waals surface area contributed by atoms with E-state index in [0.717, 1.165) is 11.4 Å². The lowest BCUT2D eigenvalue weighted by molar-refractivity contribution is 0.334. The summed E-state index contributed by atoms with van der Waals surface area (Å²) in [7, 11) is 3.60. The molecular weight excluding hydrogens is 204 g/mol. The van der Waals surface area contributed by atoms with Crippen molar-refractivity contribution in [3.63, 3.8) is 0 Å². The van der Waals surface area contributed by atoms with Gasteiger partial charge in [0, 0.05) is 7.05 Å². The van der Waals surface area contributed by atoms with E-state index >= 15 is 0 Å². The minimum atomic E-state index is 0.143. The lowest BCUT2D eigenvalue weighted by atomic mass is 9.95. The van der Waals surface area contributed by atoms with Crippen LogP contribution in [0.4, 0.5) is 0 Å². The van der Waals surface area contributed by atoms with E-state index in [1.165, 1.54) is 25.7 Å². The van der Waals surface area contributed by atoms with Crippen molar-refractivity contribution in [2.75, 3.05) is 7.11 Å². The summed E-state index contributed by atoms with van der Waals surface area (Å²) in [6, 6.07) is 0.143. The van der Waals surface area contributed by atoms with Gasteiger partial charge in [0.25, 0.3) is 0 Å². The molecule has 1 unspecified atom stereocenters. The number of aromatic nitrogens is 2. The average Bonchev–Trinajstić information content (AvgIpc) is 2.91. The second kappa shape index (κ2) is 4.84. The Bertz CT molecular complexity index is 344. The summed E-state index contributed by atoms with van der Waals surface area (Å²) in [5.41, 5.74) is 3.97. The van der Waals surface area contributed by atoms with Crippen LogP contribution in [0.15, 0.2) is 6.20 Å². The summed E-state index contributed by atoms with van der Waals surface area (Å²) in [5.74, 6) is 7.10. The number of nitrogens with one attached hydrogen (secondary N) is 1. The standard InChI is InChI=1S/C11H20N4O/c1-15-11(9(16-2)7-13-15)10(14-12)8-5-3-4-6-8/h7-8,10,14H,3-6,12H2,1-2H3. The zero-order valence-electron chi connectivity index (χ0n) is 9.94. The van der Waals surface area contributed by atoms with E-state index in [1.54, 1.807) is 13.3 Å². The molecule has 1 aromatic rings. The Morgan fingerprint density at radius 3 is 2.81 bits per heavy atom. The van der Waals surface area contributed by atoms with E-state index in [-0.39, 0.29) is 6.04 Å². The highest BCUT2D eigenvalue weighted by atomic mass is 16.5. The van der Waals surface area contributed by atoms with Crippen molar-refractivity contribution in [3.8, 4) is 5.75 Å². The third-order valence-corrected chi connectivity index (χ3v) is 3.51. The molecule has 1 aromatic heterocycles. The number of methoxy groups -OCH3 is 1. The highest BCUT2D eigenvalue weighted by molar-refractivity contribution is 5.28. The Hall–Kier alpha value is -1.07. The van der Waals surface area contributed by atoms with Gasteiger partial charge in [0.2, 0.25) is 0 Å². The smallest absolute Gasteiger partial charge is 0.161 e. The van der Waals surface area contributed by atoms with Crippen molar-refractivity contribution in [3.05, 3.63) is 11.9 Å². The normalized spacial score (nSPS) is 18.9. The number of hydrazine groups is 1. The van der Waals surface area contributed by atoms with Crippen LogP contribution in [0.1, 0.15) is 37.4 Å². The number of hydrogen-bond acceptors (Lipinski definition) is 4. The molecule has 0 aliphatic heterocycles. The minimum Gasteiger partial charge on any atom is -0.493 e. The Kier molecular flexibility index (Phi) is 3.46. The Labute approximate surface area is 95.9 Å². The SMILES string of the molecule is COc1cnn(C)c1C(NN)C1CCCC1. The molecule has 1 fully saturated rings. The number of ether oxygens (including phenoxy) is 1. The van der Waals surface area contributed by atoms with Gasteiger partial charge in [0.05, 0.1) is 25.0 Å². The Morgan fingerprint density at radius 2 is 2.25 bits per heavy atom. The van der Waals surface area contributed by atoms with Gasteiger partial charge in [-0.05, 0) is 18.8 Å². The number of aryl methyl sites for hydroxylation is 1. The van der Waals surface area contributed by atoms with E-state index < -0.39 is 0 Å². The first kappa shape index (κ1) is 11.4. The van der Waals surface area contributed by atoms with Crippen LogP contribution >= 0.6 is 0 Å². The van der Waals surface area contributed by atoms with Crippen molar-refractivity contribution in [2.24, 2.45) is 18.8 Å². The van der Waals surface area contributed by atoms with Gasteiger partial charge in [0.1, 0.15) is 0 Å². The van der Waals surface area contributed by atoms with Crippen LogP contribution in [0.5, 0.6) is 5.75 Å². The van der Waals surface area contributed by atoms with Crippen LogP contribution in [0.2, 0.25) is 0 Å². The first-order valence-corrected chi connectivity index (χ1v) is 5.80. The van der Waals surface area contributed by atoms with E-state index in [0.29, 0.717) is 5.92 Å². The molecule has 0 saturated heterocycles. The van der Waals surface area contributed by atoms with Gasteiger partial charge >= 0.3 is 0 Å². The molecule has 1 saturated carbocycles. The van der Waals surface area contributed by atoms with E-state index in [9.17, 15) is 0 Å². The molecule has 5 heteroatoms. The number of nitrogens with zero attached hydrogens (tertiary/aromatic N) is 2. The van der Waals surface area contributed by atoms with Crippen LogP contribution in [0, 0.1) is 5.92 Å². The summed E-state index contributed by atoms with van der Waals surface area (Å²) in [6.07, 6.45) is 6.78. The van der Waals surface area contributed by atoms with Gasteiger partial charge in [-0.1, -0.05) is 12.8 Å². The fourth-order valence-electron chi connectivity index (χ4n) is 2.67. The maximum absolute atomic E-state index is 5.69. The van der Waals surface area contributed by atoms with Crippen molar-refractivity contribution < 1.29 is 4.74 Å². The molecule has 2 rings (SSSR count). The molecular formula is C11H20N4O. The van der Waals surface area contributed by atoms with Crippen LogP contribution in [0.25, 0.3) is 0 Å². The summed E-state index contributed by atoms with van der Waals surface area (Å²) in [4.78, 5) is 0. The highest BCUT2D eigenvalue weighted by Gasteiger charge is 2.30. The second-order valence-electron chi connectivity index (χ2n) is 4.41. The molecule has 0 bridgehead atoms. The van der Waals surface area contributed by atoms with E-state index in [2.05, 4.69) is 10.5 Å². The summed E-state index contributed by atoms with van der Waals surface area (Å²) in [5, 5.41) is 4.22. The number of rotatable bonds is 4. The number of nitrogens with two attached hydrogens (primary N) is 1. The van der Waals surface area contributed by atoms with Crippen LogP contribution < -0.4 is 16.0 Å². The molecule has 1 heterocycles. The molecule has 90 valence electrons. The molecule has 3 N–H and O–H groups in total.